The van der Waals surface area contributed by atoms with E-state index in [-0.39, 0.29) is 0 Å². The molecule has 0 fully saturated rings. The van der Waals surface area contributed by atoms with Crippen LogP contribution < -0.4 is 0 Å². The lowest BCUT2D eigenvalue weighted by molar-refractivity contribution is 0.591. The fourth-order valence-electron chi connectivity index (χ4n) is 1.75. The van der Waals surface area contributed by atoms with Gasteiger partial charge in [-0.15, -0.1) is 0 Å². The van der Waals surface area contributed by atoms with Crippen LogP contribution in [0.4, 0.5) is 0 Å². The highest BCUT2D eigenvalue weighted by Gasteiger charge is 2.20. The summed E-state index contributed by atoms with van der Waals surface area (Å²) in [6, 6.07) is 15.7. The van der Waals surface area contributed by atoms with Crippen molar-refractivity contribution < 1.29 is 8.42 Å². The van der Waals surface area contributed by atoms with Crippen LogP contribution in [0, 0.1) is 0 Å². The Morgan fingerprint density at radius 2 is 1.60 bits per heavy atom. The molecule has 0 saturated heterocycles. The quantitative estimate of drug-likeness (QED) is 0.847. The highest BCUT2D eigenvalue weighted by atomic mass is 35.5. The van der Waals surface area contributed by atoms with E-state index in [0.29, 0.717) is 9.92 Å². The predicted molar refractivity (Wildman–Crippen MR) is 83.6 cm³/mol. The fraction of sp³-hybridized carbons (Fsp3) is 0.125. The molecule has 2 nitrogen and oxygen atoms in total. The molecule has 0 aromatic heterocycles. The first-order chi connectivity index (χ1) is 9.50. The number of hydrogen-bond donors (Lipinski definition) is 0. The first-order valence-corrected chi connectivity index (χ1v) is 8.15. The zero-order valence-electron chi connectivity index (χ0n) is 11.0. The molecule has 2 aromatic rings. The van der Waals surface area contributed by atoms with Crippen molar-refractivity contribution >= 4 is 27.5 Å². The lowest BCUT2D eigenvalue weighted by Gasteiger charge is -2.08. The van der Waals surface area contributed by atoms with Crippen LogP contribution in [0.5, 0.6) is 0 Å². The molecule has 0 amide bonds. The van der Waals surface area contributed by atoms with Gasteiger partial charge in [0.15, 0.2) is 9.84 Å². The Labute approximate surface area is 124 Å². The third-order valence-electron chi connectivity index (χ3n) is 2.99. The smallest absolute Gasteiger partial charge is 0.184 e. The van der Waals surface area contributed by atoms with Crippen LogP contribution in [0.1, 0.15) is 12.5 Å². The summed E-state index contributed by atoms with van der Waals surface area (Å²) in [5, 5.41) is 0.0766. The fourth-order valence-corrected chi connectivity index (χ4v) is 3.13. The van der Waals surface area contributed by atoms with Crippen molar-refractivity contribution in [1.29, 1.82) is 0 Å². The van der Waals surface area contributed by atoms with Gasteiger partial charge in [0.05, 0.1) is 10.1 Å². The van der Waals surface area contributed by atoms with E-state index in [9.17, 15) is 8.42 Å². The van der Waals surface area contributed by atoms with Crippen LogP contribution in [-0.4, -0.2) is 13.7 Å². The SMILES string of the molecule is CC(/C=C/c1ccc(Cl)cc1)S(=O)(=O)c1ccccc1. The Bertz CT molecular complexity index is 689. The molecule has 0 bridgehead atoms. The van der Waals surface area contributed by atoms with E-state index >= 15 is 0 Å². The molecule has 1 unspecified atom stereocenters. The molecule has 0 spiro atoms. The maximum absolute atomic E-state index is 12.3. The van der Waals surface area contributed by atoms with E-state index in [1.54, 1.807) is 61.5 Å². The molecule has 2 rings (SSSR count). The van der Waals surface area contributed by atoms with Crippen LogP contribution in [-0.2, 0) is 9.84 Å². The van der Waals surface area contributed by atoms with E-state index < -0.39 is 15.1 Å². The molecule has 0 N–H and O–H groups in total. The van der Waals surface area contributed by atoms with E-state index in [1.807, 2.05) is 12.1 Å². The second kappa shape index (κ2) is 6.25. The minimum absolute atomic E-state index is 0.341. The van der Waals surface area contributed by atoms with Gasteiger partial charge in [-0.2, -0.15) is 0 Å². The van der Waals surface area contributed by atoms with Crippen LogP contribution in [0.25, 0.3) is 6.08 Å². The molecule has 104 valence electrons. The van der Waals surface area contributed by atoms with Crippen molar-refractivity contribution in [2.45, 2.75) is 17.1 Å². The summed E-state index contributed by atoms with van der Waals surface area (Å²) in [5.41, 5.74) is 0.921. The van der Waals surface area contributed by atoms with Gasteiger partial charge in [0, 0.05) is 5.02 Å². The van der Waals surface area contributed by atoms with Gasteiger partial charge >= 0.3 is 0 Å². The number of sulfone groups is 1. The molecule has 1 atom stereocenters. The number of hydrogen-bond acceptors (Lipinski definition) is 2. The third-order valence-corrected chi connectivity index (χ3v) is 5.31. The monoisotopic (exact) mass is 306 g/mol. The Morgan fingerprint density at radius 1 is 1.00 bits per heavy atom. The van der Waals surface area contributed by atoms with Crippen LogP contribution in [0.15, 0.2) is 65.6 Å². The predicted octanol–water partition coefficient (Wildman–Crippen LogP) is 4.22. The molecule has 0 heterocycles. The van der Waals surface area contributed by atoms with Crippen molar-refractivity contribution in [3.63, 3.8) is 0 Å². The second-order valence-electron chi connectivity index (χ2n) is 4.47. The topological polar surface area (TPSA) is 34.1 Å². The zero-order valence-corrected chi connectivity index (χ0v) is 12.6. The molecular weight excluding hydrogens is 292 g/mol. The second-order valence-corrected chi connectivity index (χ2v) is 7.22. The number of halogens is 1. The van der Waals surface area contributed by atoms with Crippen molar-refractivity contribution in [1.82, 2.24) is 0 Å². The molecular formula is C16H15ClO2S. The van der Waals surface area contributed by atoms with Gasteiger partial charge in [-0.25, -0.2) is 8.42 Å². The molecule has 0 saturated carbocycles. The minimum Gasteiger partial charge on any atom is -0.223 e. The van der Waals surface area contributed by atoms with Crippen LogP contribution >= 0.6 is 11.6 Å². The Balaban J connectivity index is 2.19. The summed E-state index contributed by atoms with van der Waals surface area (Å²) in [4.78, 5) is 0.341. The lowest BCUT2D eigenvalue weighted by Crippen LogP contribution is -2.15. The summed E-state index contributed by atoms with van der Waals surface area (Å²) in [5.74, 6) is 0. The highest BCUT2D eigenvalue weighted by molar-refractivity contribution is 7.92. The molecule has 4 heteroatoms. The van der Waals surface area contributed by atoms with Gasteiger partial charge in [-0.1, -0.05) is 54.1 Å². The van der Waals surface area contributed by atoms with Crippen molar-refractivity contribution in [3.8, 4) is 0 Å². The average molecular weight is 307 g/mol. The van der Waals surface area contributed by atoms with Gasteiger partial charge in [0.25, 0.3) is 0 Å². The van der Waals surface area contributed by atoms with E-state index in [4.69, 9.17) is 11.6 Å². The van der Waals surface area contributed by atoms with Crippen molar-refractivity contribution in [3.05, 3.63) is 71.3 Å². The first-order valence-electron chi connectivity index (χ1n) is 6.23. The Morgan fingerprint density at radius 3 is 2.20 bits per heavy atom. The van der Waals surface area contributed by atoms with E-state index in [0.717, 1.165) is 5.56 Å². The number of benzene rings is 2. The van der Waals surface area contributed by atoms with Crippen LogP contribution in [0.2, 0.25) is 5.02 Å². The Kier molecular flexibility index (Phi) is 4.63. The average Bonchev–Trinajstić information content (AvgIpc) is 2.47. The largest absolute Gasteiger partial charge is 0.223 e. The standard InChI is InChI=1S/C16H15ClO2S/c1-13(7-8-14-9-11-15(17)12-10-14)20(18,19)16-5-3-2-4-6-16/h2-13H,1H3/b8-7+. The Hall–Kier alpha value is -1.58. The summed E-state index contributed by atoms with van der Waals surface area (Å²) in [6.07, 6.45) is 3.48. The summed E-state index contributed by atoms with van der Waals surface area (Å²) < 4.78 is 24.7. The maximum atomic E-state index is 12.3. The molecule has 0 radical (unpaired) electrons. The molecule has 0 aliphatic rings. The van der Waals surface area contributed by atoms with Gasteiger partial charge in [0.1, 0.15) is 0 Å². The number of rotatable bonds is 4. The maximum Gasteiger partial charge on any atom is 0.184 e. The molecule has 2 aromatic carbocycles. The van der Waals surface area contributed by atoms with E-state index in [1.165, 1.54) is 0 Å². The van der Waals surface area contributed by atoms with Gasteiger partial charge in [0.2, 0.25) is 0 Å². The minimum atomic E-state index is -3.33. The summed E-state index contributed by atoms with van der Waals surface area (Å²) >= 11 is 5.81. The van der Waals surface area contributed by atoms with Crippen LogP contribution in [0.3, 0.4) is 0 Å². The van der Waals surface area contributed by atoms with E-state index in [2.05, 4.69) is 0 Å². The lowest BCUT2D eigenvalue weighted by atomic mass is 10.2. The van der Waals surface area contributed by atoms with Crippen molar-refractivity contribution in [2.24, 2.45) is 0 Å². The van der Waals surface area contributed by atoms with Crippen molar-refractivity contribution in [2.75, 3.05) is 0 Å². The first kappa shape index (κ1) is 14.8. The highest BCUT2D eigenvalue weighted by Crippen LogP contribution is 2.18. The summed E-state index contributed by atoms with van der Waals surface area (Å²) in [7, 11) is -3.33. The zero-order chi connectivity index (χ0) is 14.6. The molecule has 20 heavy (non-hydrogen) atoms. The molecule has 0 aliphatic carbocycles. The van der Waals surface area contributed by atoms with Gasteiger partial charge < -0.3 is 0 Å². The molecule has 0 aliphatic heterocycles. The summed E-state index contributed by atoms with van der Waals surface area (Å²) in [6.45, 7) is 1.68. The third kappa shape index (κ3) is 3.50. The van der Waals surface area contributed by atoms with Gasteiger partial charge in [-0.3, -0.25) is 0 Å². The van der Waals surface area contributed by atoms with Gasteiger partial charge in [-0.05, 0) is 36.8 Å². The normalized spacial score (nSPS) is 13.5.